The van der Waals surface area contributed by atoms with Gasteiger partial charge in [0.25, 0.3) is 0 Å². The fraction of sp³-hybridized carbons (Fsp3) is 0.368. The van der Waals surface area contributed by atoms with Crippen LogP contribution in [0.5, 0.6) is 0 Å². The van der Waals surface area contributed by atoms with Gasteiger partial charge in [-0.25, -0.2) is 0 Å². The van der Waals surface area contributed by atoms with Crippen LogP contribution in [0.25, 0.3) is 0 Å². The molecule has 1 fully saturated rings. The molecule has 1 aliphatic carbocycles. The highest BCUT2D eigenvalue weighted by Crippen LogP contribution is 2.47. The average Bonchev–Trinajstić information content (AvgIpc) is 3.41. The topological polar surface area (TPSA) is 49.3 Å². The molecule has 1 aromatic heterocycles. The first-order valence-electron chi connectivity index (χ1n) is 8.22. The number of hydrogen-bond acceptors (Lipinski definition) is 2. The van der Waals surface area contributed by atoms with Crippen molar-refractivity contribution in [2.45, 2.75) is 24.7 Å². The monoisotopic (exact) mass is 308 g/mol. The third-order valence-corrected chi connectivity index (χ3v) is 4.46. The lowest BCUT2D eigenvalue weighted by atomic mass is 9.96. The quantitative estimate of drug-likeness (QED) is 0.637. The summed E-state index contributed by atoms with van der Waals surface area (Å²) in [6.45, 7) is 1.76. The maximum Gasteiger partial charge on any atom is 0.191 e. The van der Waals surface area contributed by atoms with Crippen LogP contribution in [0.3, 0.4) is 0 Å². The van der Waals surface area contributed by atoms with E-state index in [4.69, 9.17) is 0 Å². The van der Waals surface area contributed by atoms with E-state index in [0.29, 0.717) is 5.41 Å². The largest absolute Gasteiger partial charge is 0.356 e. The Bertz CT molecular complexity index is 633. The van der Waals surface area contributed by atoms with Crippen molar-refractivity contribution in [3.05, 3.63) is 66.0 Å². The molecule has 0 saturated heterocycles. The molecule has 120 valence electrons. The molecule has 1 saturated carbocycles. The SMILES string of the molecule is CN=C(NCCc1ccccn1)NCC1(c2ccccc2)CC1. The normalized spacial score (nSPS) is 16.0. The summed E-state index contributed by atoms with van der Waals surface area (Å²) in [6, 6.07) is 16.8. The van der Waals surface area contributed by atoms with Gasteiger partial charge < -0.3 is 10.6 Å². The highest BCUT2D eigenvalue weighted by Gasteiger charge is 2.43. The van der Waals surface area contributed by atoms with Crippen molar-refractivity contribution in [2.24, 2.45) is 4.99 Å². The standard InChI is InChI=1S/C19H24N4/c1-20-18(22-14-10-17-9-5-6-13-21-17)23-15-19(11-12-19)16-7-3-2-4-8-16/h2-9,13H,10-12,14-15H2,1H3,(H2,20,22,23). The molecule has 0 atom stereocenters. The van der Waals surface area contributed by atoms with Crippen molar-refractivity contribution in [1.29, 1.82) is 0 Å². The lowest BCUT2D eigenvalue weighted by Gasteiger charge is -2.19. The van der Waals surface area contributed by atoms with Gasteiger partial charge in [0.05, 0.1) is 0 Å². The van der Waals surface area contributed by atoms with E-state index < -0.39 is 0 Å². The number of aromatic nitrogens is 1. The summed E-state index contributed by atoms with van der Waals surface area (Å²) in [4.78, 5) is 8.65. The fourth-order valence-electron chi connectivity index (χ4n) is 2.84. The average molecular weight is 308 g/mol. The van der Waals surface area contributed by atoms with Gasteiger partial charge in [0.2, 0.25) is 0 Å². The number of nitrogens with one attached hydrogen (secondary N) is 2. The summed E-state index contributed by atoms with van der Waals surface area (Å²) in [5, 5.41) is 6.84. The first kappa shape index (κ1) is 15.5. The Balaban J connectivity index is 1.47. The second-order valence-electron chi connectivity index (χ2n) is 6.07. The summed E-state index contributed by atoms with van der Waals surface area (Å²) >= 11 is 0. The van der Waals surface area contributed by atoms with Gasteiger partial charge in [0.15, 0.2) is 5.96 Å². The van der Waals surface area contributed by atoms with Crippen LogP contribution in [0.4, 0.5) is 0 Å². The Hall–Kier alpha value is -2.36. The predicted octanol–water partition coefficient (Wildman–Crippen LogP) is 2.52. The van der Waals surface area contributed by atoms with Gasteiger partial charge in [-0.1, -0.05) is 36.4 Å². The summed E-state index contributed by atoms with van der Waals surface area (Å²) < 4.78 is 0. The summed E-state index contributed by atoms with van der Waals surface area (Å²) in [6.07, 6.45) is 5.22. The minimum atomic E-state index is 0.292. The van der Waals surface area contributed by atoms with Crippen LogP contribution in [0, 0.1) is 0 Å². The van der Waals surface area contributed by atoms with E-state index in [0.717, 1.165) is 31.2 Å². The van der Waals surface area contributed by atoms with E-state index in [9.17, 15) is 0 Å². The molecule has 4 nitrogen and oxygen atoms in total. The molecule has 1 heterocycles. The molecule has 2 N–H and O–H groups in total. The molecule has 0 unspecified atom stereocenters. The predicted molar refractivity (Wildman–Crippen MR) is 94.7 cm³/mol. The van der Waals surface area contributed by atoms with E-state index in [1.807, 2.05) is 31.4 Å². The summed E-state index contributed by atoms with van der Waals surface area (Å²) in [5.74, 6) is 0.864. The van der Waals surface area contributed by atoms with Gasteiger partial charge in [-0.15, -0.1) is 0 Å². The van der Waals surface area contributed by atoms with E-state index >= 15 is 0 Å². The maximum atomic E-state index is 4.34. The molecular weight excluding hydrogens is 284 g/mol. The highest BCUT2D eigenvalue weighted by molar-refractivity contribution is 5.79. The van der Waals surface area contributed by atoms with Gasteiger partial charge in [-0.2, -0.15) is 0 Å². The Morgan fingerprint density at radius 2 is 1.87 bits per heavy atom. The number of rotatable bonds is 6. The van der Waals surface area contributed by atoms with Crippen molar-refractivity contribution in [3.8, 4) is 0 Å². The number of hydrogen-bond donors (Lipinski definition) is 2. The van der Waals surface area contributed by atoms with Crippen molar-refractivity contribution in [2.75, 3.05) is 20.1 Å². The highest BCUT2D eigenvalue weighted by atomic mass is 15.2. The molecule has 4 heteroatoms. The number of guanidine groups is 1. The van der Waals surface area contributed by atoms with Crippen molar-refractivity contribution in [3.63, 3.8) is 0 Å². The first-order chi connectivity index (χ1) is 11.3. The smallest absolute Gasteiger partial charge is 0.191 e. The summed E-state index contributed by atoms with van der Waals surface area (Å²) in [5.41, 5.74) is 2.81. The maximum absolute atomic E-state index is 4.34. The fourth-order valence-corrected chi connectivity index (χ4v) is 2.84. The van der Waals surface area contributed by atoms with Gasteiger partial charge in [0, 0.05) is 43.9 Å². The number of pyridine rings is 1. The van der Waals surface area contributed by atoms with Gasteiger partial charge in [-0.05, 0) is 30.5 Å². The molecule has 2 aromatic rings. The number of benzene rings is 1. The molecule has 0 aliphatic heterocycles. The van der Waals surface area contributed by atoms with E-state index in [1.54, 1.807) is 0 Å². The minimum absolute atomic E-state index is 0.292. The lowest BCUT2D eigenvalue weighted by Crippen LogP contribution is -2.42. The molecule has 1 aromatic carbocycles. The second kappa shape index (κ2) is 7.27. The van der Waals surface area contributed by atoms with E-state index in [2.05, 4.69) is 50.9 Å². The van der Waals surface area contributed by atoms with Crippen LogP contribution in [-0.4, -0.2) is 31.1 Å². The van der Waals surface area contributed by atoms with Crippen LogP contribution < -0.4 is 10.6 Å². The molecule has 0 amide bonds. The van der Waals surface area contributed by atoms with Crippen LogP contribution in [-0.2, 0) is 11.8 Å². The molecule has 3 rings (SSSR count). The van der Waals surface area contributed by atoms with Crippen molar-refractivity contribution in [1.82, 2.24) is 15.6 Å². The van der Waals surface area contributed by atoms with Crippen LogP contribution in [0.15, 0.2) is 59.7 Å². The zero-order chi connectivity index (χ0) is 16.0. The number of aliphatic imine (C=N–C) groups is 1. The van der Waals surface area contributed by atoms with Gasteiger partial charge >= 0.3 is 0 Å². The minimum Gasteiger partial charge on any atom is -0.356 e. The molecular formula is C19H24N4. The third kappa shape index (κ3) is 4.09. The van der Waals surface area contributed by atoms with E-state index in [1.165, 1.54) is 18.4 Å². The molecule has 23 heavy (non-hydrogen) atoms. The Labute approximate surface area is 138 Å². The van der Waals surface area contributed by atoms with Crippen LogP contribution >= 0.6 is 0 Å². The lowest BCUT2D eigenvalue weighted by molar-refractivity contribution is 0.645. The third-order valence-electron chi connectivity index (χ3n) is 4.46. The van der Waals surface area contributed by atoms with Gasteiger partial charge in [-0.3, -0.25) is 9.98 Å². The van der Waals surface area contributed by atoms with Crippen molar-refractivity contribution >= 4 is 5.96 Å². The Kier molecular flexibility index (Phi) is 4.91. The first-order valence-corrected chi connectivity index (χ1v) is 8.22. The number of nitrogens with zero attached hydrogens (tertiary/aromatic N) is 2. The molecule has 1 aliphatic rings. The van der Waals surface area contributed by atoms with Crippen LogP contribution in [0.1, 0.15) is 24.1 Å². The van der Waals surface area contributed by atoms with Gasteiger partial charge in [0.1, 0.15) is 0 Å². The zero-order valence-electron chi connectivity index (χ0n) is 13.6. The molecule has 0 radical (unpaired) electrons. The molecule has 0 bridgehead atoms. The zero-order valence-corrected chi connectivity index (χ0v) is 13.6. The van der Waals surface area contributed by atoms with E-state index in [-0.39, 0.29) is 0 Å². The second-order valence-corrected chi connectivity index (χ2v) is 6.07. The Morgan fingerprint density at radius 3 is 2.52 bits per heavy atom. The Morgan fingerprint density at radius 1 is 1.09 bits per heavy atom. The van der Waals surface area contributed by atoms with Crippen LogP contribution in [0.2, 0.25) is 0 Å². The van der Waals surface area contributed by atoms with Crippen molar-refractivity contribution < 1.29 is 0 Å². The molecule has 0 spiro atoms. The summed E-state index contributed by atoms with van der Waals surface area (Å²) in [7, 11) is 1.82.